The molecule has 2 heterocycles. The van der Waals surface area contributed by atoms with Crippen LogP contribution in [0.1, 0.15) is 16.8 Å². The van der Waals surface area contributed by atoms with Crippen LogP contribution in [0.5, 0.6) is 0 Å². The zero-order valence-corrected chi connectivity index (χ0v) is 10.1. The number of carboxylic acid groups (broad SMARTS) is 1. The first kappa shape index (κ1) is 13.0. The largest absolute Gasteiger partial charge is 0.478 e. The number of pyridine rings is 1. The van der Waals surface area contributed by atoms with Crippen molar-refractivity contribution in [3.63, 3.8) is 0 Å². The molecule has 19 heavy (non-hydrogen) atoms. The Balaban J connectivity index is 1.89. The third-order valence-corrected chi connectivity index (χ3v) is 2.54. The molecule has 2 aromatic heterocycles. The minimum atomic E-state index is -1.31. The highest BCUT2D eigenvalue weighted by Gasteiger charge is 2.14. The minimum absolute atomic E-state index is 0.0413. The number of carboxylic acids is 1. The van der Waals surface area contributed by atoms with Gasteiger partial charge in [-0.25, -0.2) is 14.2 Å². The summed E-state index contributed by atoms with van der Waals surface area (Å²) in [4.78, 5) is 14.5. The van der Waals surface area contributed by atoms with E-state index in [4.69, 9.17) is 5.11 Å². The van der Waals surface area contributed by atoms with Crippen molar-refractivity contribution in [2.24, 2.45) is 0 Å². The van der Waals surface area contributed by atoms with E-state index in [9.17, 15) is 9.18 Å². The SMILES string of the molecule is O=C(O)c1ccnc(NCCCn2cccn2)c1F. The number of nitrogens with one attached hydrogen (secondary N) is 1. The smallest absolute Gasteiger partial charge is 0.338 e. The molecule has 0 fully saturated rings. The van der Waals surface area contributed by atoms with E-state index < -0.39 is 11.8 Å². The molecule has 7 heteroatoms. The number of carbonyl (C=O) groups is 1. The van der Waals surface area contributed by atoms with E-state index >= 15 is 0 Å². The lowest BCUT2D eigenvalue weighted by atomic mass is 10.2. The Morgan fingerprint density at radius 2 is 2.32 bits per heavy atom. The van der Waals surface area contributed by atoms with Crippen molar-refractivity contribution < 1.29 is 14.3 Å². The lowest BCUT2D eigenvalue weighted by Gasteiger charge is -2.07. The Bertz CT molecular complexity index is 557. The average Bonchev–Trinajstić information content (AvgIpc) is 2.89. The van der Waals surface area contributed by atoms with Crippen molar-refractivity contribution in [1.82, 2.24) is 14.8 Å². The van der Waals surface area contributed by atoms with Crippen molar-refractivity contribution in [3.8, 4) is 0 Å². The van der Waals surface area contributed by atoms with E-state index in [1.54, 1.807) is 10.9 Å². The number of hydrogen-bond donors (Lipinski definition) is 2. The Morgan fingerprint density at radius 1 is 1.47 bits per heavy atom. The quantitative estimate of drug-likeness (QED) is 0.775. The monoisotopic (exact) mass is 264 g/mol. The number of nitrogens with zero attached hydrogens (tertiary/aromatic N) is 3. The molecule has 2 N–H and O–H groups in total. The summed E-state index contributed by atoms with van der Waals surface area (Å²) < 4.78 is 15.5. The van der Waals surface area contributed by atoms with E-state index in [0.717, 1.165) is 12.5 Å². The molecule has 0 spiro atoms. The molecule has 0 aliphatic rings. The van der Waals surface area contributed by atoms with Crippen LogP contribution in [-0.4, -0.2) is 32.4 Å². The van der Waals surface area contributed by atoms with Crippen LogP contribution in [0.25, 0.3) is 0 Å². The summed E-state index contributed by atoms with van der Waals surface area (Å²) in [6, 6.07) is 2.96. The van der Waals surface area contributed by atoms with Gasteiger partial charge < -0.3 is 10.4 Å². The number of rotatable bonds is 6. The Morgan fingerprint density at radius 3 is 3.00 bits per heavy atom. The van der Waals surface area contributed by atoms with Gasteiger partial charge in [-0.05, 0) is 18.6 Å². The molecular weight excluding hydrogens is 251 g/mol. The van der Waals surface area contributed by atoms with Gasteiger partial charge >= 0.3 is 5.97 Å². The standard InChI is InChI=1S/C12H13FN4O2/c13-10-9(12(18)19)3-6-15-11(10)14-4-1-7-17-8-2-5-16-17/h2-3,5-6,8H,1,4,7H2,(H,14,15)(H,18,19). The topological polar surface area (TPSA) is 80.0 Å². The lowest BCUT2D eigenvalue weighted by Crippen LogP contribution is -2.11. The predicted molar refractivity (Wildman–Crippen MR) is 66.5 cm³/mol. The van der Waals surface area contributed by atoms with Crippen LogP contribution >= 0.6 is 0 Å². The van der Waals surface area contributed by atoms with Crippen LogP contribution in [0.2, 0.25) is 0 Å². The van der Waals surface area contributed by atoms with Gasteiger partial charge in [0.25, 0.3) is 0 Å². The summed E-state index contributed by atoms with van der Waals surface area (Å²) >= 11 is 0. The minimum Gasteiger partial charge on any atom is -0.478 e. The highest BCUT2D eigenvalue weighted by atomic mass is 19.1. The van der Waals surface area contributed by atoms with Crippen LogP contribution in [0, 0.1) is 5.82 Å². The van der Waals surface area contributed by atoms with E-state index in [2.05, 4.69) is 15.4 Å². The molecule has 6 nitrogen and oxygen atoms in total. The van der Waals surface area contributed by atoms with Gasteiger partial charge in [0.1, 0.15) is 5.56 Å². The Kier molecular flexibility index (Phi) is 4.07. The summed E-state index contributed by atoms with van der Waals surface area (Å²) in [5, 5.41) is 15.6. The maximum atomic E-state index is 13.7. The molecule has 0 saturated carbocycles. The van der Waals surface area contributed by atoms with Gasteiger partial charge in [0, 0.05) is 31.7 Å². The van der Waals surface area contributed by atoms with Crippen molar-refractivity contribution in [2.75, 3.05) is 11.9 Å². The molecule has 2 aromatic rings. The molecular formula is C12H13FN4O2. The Labute approximate surface area is 108 Å². The van der Waals surface area contributed by atoms with Gasteiger partial charge in [0.15, 0.2) is 11.6 Å². The predicted octanol–water partition coefficient (Wildman–Crippen LogP) is 1.62. The van der Waals surface area contributed by atoms with E-state index in [1.807, 2.05) is 12.3 Å². The summed E-state index contributed by atoms with van der Waals surface area (Å²) in [5.41, 5.74) is -0.385. The van der Waals surface area contributed by atoms with E-state index in [-0.39, 0.29) is 11.4 Å². The first-order chi connectivity index (χ1) is 9.18. The maximum Gasteiger partial charge on any atom is 0.338 e. The summed E-state index contributed by atoms with van der Waals surface area (Å²) in [5.74, 6) is -2.19. The van der Waals surface area contributed by atoms with Crippen LogP contribution in [-0.2, 0) is 6.54 Å². The normalized spacial score (nSPS) is 10.4. The number of anilines is 1. The zero-order chi connectivity index (χ0) is 13.7. The Hall–Kier alpha value is -2.44. The molecule has 2 rings (SSSR count). The van der Waals surface area contributed by atoms with Gasteiger partial charge in [-0.1, -0.05) is 0 Å². The van der Waals surface area contributed by atoms with Crippen molar-refractivity contribution >= 4 is 11.8 Å². The highest BCUT2D eigenvalue weighted by molar-refractivity contribution is 5.88. The maximum absolute atomic E-state index is 13.7. The van der Waals surface area contributed by atoms with Crippen LogP contribution < -0.4 is 5.32 Å². The second kappa shape index (κ2) is 5.94. The molecule has 0 aromatic carbocycles. The van der Waals surface area contributed by atoms with E-state index in [1.165, 1.54) is 6.20 Å². The van der Waals surface area contributed by atoms with E-state index in [0.29, 0.717) is 13.1 Å². The molecule has 0 amide bonds. The summed E-state index contributed by atoms with van der Waals surface area (Å²) in [7, 11) is 0. The molecule has 0 aliphatic carbocycles. The number of halogens is 1. The van der Waals surface area contributed by atoms with Gasteiger partial charge in [-0.2, -0.15) is 5.10 Å². The zero-order valence-electron chi connectivity index (χ0n) is 10.1. The van der Waals surface area contributed by atoms with Gasteiger partial charge in [0.2, 0.25) is 0 Å². The fourth-order valence-electron chi connectivity index (χ4n) is 1.61. The second-order valence-electron chi connectivity index (χ2n) is 3.88. The van der Waals surface area contributed by atoms with Crippen LogP contribution in [0.15, 0.2) is 30.7 Å². The number of aryl methyl sites for hydroxylation is 1. The van der Waals surface area contributed by atoms with Crippen LogP contribution in [0.3, 0.4) is 0 Å². The number of aromatic nitrogens is 3. The van der Waals surface area contributed by atoms with Crippen LogP contribution in [0.4, 0.5) is 10.2 Å². The van der Waals surface area contributed by atoms with Crippen molar-refractivity contribution in [2.45, 2.75) is 13.0 Å². The molecule has 0 saturated heterocycles. The highest BCUT2D eigenvalue weighted by Crippen LogP contribution is 2.14. The third kappa shape index (κ3) is 3.27. The molecule has 0 aliphatic heterocycles. The molecule has 100 valence electrons. The van der Waals surface area contributed by atoms with Crippen molar-refractivity contribution in [1.29, 1.82) is 0 Å². The molecule has 0 unspecified atom stereocenters. The fourth-order valence-corrected chi connectivity index (χ4v) is 1.61. The fraction of sp³-hybridized carbons (Fsp3) is 0.250. The number of aromatic carboxylic acids is 1. The molecule has 0 bridgehead atoms. The average molecular weight is 264 g/mol. The van der Waals surface area contributed by atoms with Gasteiger partial charge in [-0.15, -0.1) is 0 Å². The van der Waals surface area contributed by atoms with Crippen molar-refractivity contribution in [3.05, 3.63) is 42.1 Å². The first-order valence-electron chi connectivity index (χ1n) is 5.77. The molecule has 0 radical (unpaired) electrons. The summed E-state index contributed by atoms with van der Waals surface area (Å²) in [6.07, 6.45) is 5.51. The van der Waals surface area contributed by atoms with Gasteiger partial charge in [0.05, 0.1) is 0 Å². The summed E-state index contributed by atoms with van der Waals surface area (Å²) in [6.45, 7) is 1.17. The van der Waals surface area contributed by atoms with Gasteiger partial charge in [-0.3, -0.25) is 4.68 Å². The lowest BCUT2D eigenvalue weighted by molar-refractivity contribution is 0.0692. The second-order valence-corrected chi connectivity index (χ2v) is 3.88. The number of hydrogen-bond acceptors (Lipinski definition) is 4. The first-order valence-corrected chi connectivity index (χ1v) is 5.77. The third-order valence-electron chi connectivity index (χ3n) is 2.54. The molecule has 0 atom stereocenters.